The van der Waals surface area contributed by atoms with Crippen LogP contribution >= 0.6 is 12.2 Å². The highest BCUT2D eigenvalue weighted by Crippen LogP contribution is 2.41. The van der Waals surface area contributed by atoms with E-state index >= 15 is 0 Å². The Morgan fingerprint density at radius 1 is 1.19 bits per heavy atom. The van der Waals surface area contributed by atoms with Crippen LogP contribution in [0.15, 0.2) is 42.7 Å². The largest absolute Gasteiger partial charge is 0.352 e. The predicted molar refractivity (Wildman–Crippen MR) is 109 cm³/mol. The Hall–Kier alpha value is -1.88. The van der Waals surface area contributed by atoms with Crippen molar-refractivity contribution in [2.24, 2.45) is 5.92 Å². The van der Waals surface area contributed by atoms with E-state index < -0.39 is 0 Å². The van der Waals surface area contributed by atoms with Crippen molar-refractivity contribution in [1.82, 2.24) is 19.8 Å². The topological polar surface area (TPSA) is 33.1 Å². The molecule has 0 amide bonds. The zero-order valence-corrected chi connectivity index (χ0v) is 16.5. The van der Waals surface area contributed by atoms with Crippen LogP contribution in [0, 0.1) is 5.92 Å². The SMILES string of the molecule is CC(C)CN1C(=S)N[C@@H](c2ccccn2)[C@@H]1c1cccn1C1CCCC1. The zero-order chi connectivity index (χ0) is 18.1. The first kappa shape index (κ1) is 17.5. The minimum Gasteiger partial charge on any atom is -0.352 e. The third kappa shape index (κ3) is 3.25. The summed E-state index contributed by atoms with van der Waals surface area (Å²) in [6, 6.07) is 11.5. The monoisotopic (exact) mass is 368 g/mol. The maximum absolute atomic E-state index is 5.74. The number of pyridine rings is 1. The molecule has 2 atom stereocenters. The van der Waals surface area contributed by atoms with E-state index in [9.17, 15) is 0 Å². The van der Waals surface area contributed by atoms with Crippen LogP contribution in [-0.2, 0) is 0 Å². The van der Waals surface area contributed by atoms with Gasteiger partial charge in [0.05, 0.1) is 17.8 Å². The summed E-state index contributed by atoms with van der Waals surface area (Å²) in [5.41, 5.74) is 2.42. The smallest absolute Gasteiger partial charge is 0.170 e. The van der Waals surface area contributed by atoms with Gasteiger partial charge in [-0.15, -0.1) is 0 Å². The van der Waals surface area contributed by atoms with E-state index in [1.54, 1.807) is 0 Å². The molecule has 2 fully saturated rings. The number of hydrogen-bond donors (Lipinski definition) is 1. The predicted octanol–water partition coefficient (Wildman–Crippen LogP) is 4.63. The molecule has 1 saturated heterocycles. The Morgan fingerprint density at radius 2 is 2.00 bits per heavy atom. The van der Waals surface area contributed by atoms with Gasteiger partial charge in [-0.25, -0.2) is 0 Å². The summed E-state index contributed by atoms with van der Waals surface area (Å²) < 4.78 is 2.51. The lowest BCUT2D eigenvalue weighted by atomic mass is 10.00. The second kappa shape index (κ2) is 7.39. The molecule has 0 aromatic carbocycles. The average Bonchev–Trinajstić information content (AvgIpc) is 3.35. The molecule has 0 unspecified atom stereocenters. The van der Waals surface area contributed by atoms with Gasteiger partial charge in [-0.05, 0) is 55.2 Å². The molecule has 1 aliphatic carbocycles. The van der Waals surface area contributed by atoms with Gasteiger partial charge in [0.2, 0.25) is 0 Å². The van der Waals surface area contributed by atoms with Gasteiger partial charge in [-0.1, -0.05) is 32.8 Å². The Balaban J connectivity index is 1.75. The van der Waals surface area contributed by atoms with E-state index in [0.29, 0.717) is 12.0 Å². The fraction of sp³-hybridized carbons (Fsp3) is 0.524. The van der Waals surface area contributed by atoms with Gasteiger partial charge < -0.3 is 14.8 Å². The molecule has 26 heavy (non-hydrogen) atoms. The maximum Gasteiger partial charge on any atom is 0.170 e. The molecule has 3 heterocycles. The van der Waals surface area contributed by atoms with Gasteiger partial charge in [0.1, 0.15) is 0 Å². The number of nitrogens with one attached hydrogen (secondary N) is 1. The van der Waals surface area contributed by atoms with Gasteiger partial charge in [-0.2, -0.15) is 0 Å². The van der Waals surface area contributed by atoms with Crippen LogP contribution in [-0.4, -0.2) is 26.1 Å². The second-order valence-corrected chi connectivity index (χ2v) is 8.34. The first-order valence-corrected chi connectivity index (χ1v) is 10.2. The third-order valence-corrected chi connectivity index (χ3v) is 5.94. The van der Waals surface area contributed by atoms with Crippen molar-refractivity contribution in [3.8, 4) is 0 Å². The van der Waals surface area contributed by atoms with Crippen LogP contribution in [0.25, 0.3) is 0 Å². The Morgan fingerprint density at radius 3 is 2.69 bits per heavy atom. The molecule has 2 aliphatic rings. The number of nitrogens with zero attached hydrogens (tertiary/aromatic N) is 3. The van der Waals surface area contributed by atoms with Crippen molar-refractivity contribution in [2.45, 2.75) is 57.7 Å². The molecule has 0 spiro atoms. The summed E-state index contributed by atoms with van der Waals surface area (Å²) in [6.07, 6.45) is 9.37. The van der Waals surface area contributed by atoms with E-state index in [-0.39, 0.29) is 12.1 Å². The Bertz CT molecular complexity index is 748. The van der Waals surface area contributed by atoms with E-state index in [2.05, 4.69) is 64.1 Å². The second-order valence-electron chi connectivity index (χ2n) is 7.95. The summed E-state index contributed by atoms with van der Waals surface area (Å²) >= 11 is 5.74. The van der Waals surface area contributed by atoms with E-state index in [4.69, 9.17) is 12.2 Å². The van der Waals surface area contributed by atoms with Crippen molar-refractivity contribution in [3.63, 3.8) is 0 Å². The van der Waals surface area contributed by atoms with Crippen LogP contribution in [0.3, 0.4) is 0 Å². The minimum atomic E-state index is 0.0949. The maximum atomic E-state index is 5.74. The number of thiocarbonyl (C=S) groups is 1. The molecule has 1 saturated carbocycles. The molecule has 0 bridgehead atoms. The number of aromatic nitrogens is 2. The van der Waals surface area contributed by atoms with E-state index in [0.717, 1.165) is 17.4 Å². The molecule has 4 rings (SSSR count). The first-order valence-electron chi connectivity index (χ1n) is 9.80. The lowest BCUT2D eigenvalue weighted by Gasteiger charge is -2.31. The molecule has 2 aromatic rings. The van der Waals surface area contributed by atoms with Crippen LogP contribution in [0.2, 0.25) is 0 Å². The molecule has 138 valence electrons. The molecule has 0 radical (unpaired) electrons. The molecular weight excluding hydrogens is 340 g/mol. The van der Waals surface area contributed by atoms with Gasteiger partial charge >= 0.3 is 0 Å². The van der Waals surface area contributed by atoms with Gasteiger partial charge in [0.25, 0.3) is 0 Å². The lowest BCUT2D eigenvalue weighted by Crippen LogP contribution is -2.33. The molecule has 5 heteroatoms. The highest BCUT2D eigenvalue weighted by atomic mass is 32.1. The molecular formula is C21H28N4S. The molecule has 1 aliphatic heterocycles. The van der Waals surface area contributed by atoms with Crippen LogP contribution in [0.5, 0.6) is 0 Å². The number of hydrogen-bond acceptors (Lipinski definition) is 2. The van der Waals surface area contributed by atoms with Gasteiger partial charge in [0, 0.05) is 30.7 Å². The standard InChI is InChI=1S/C21H28N4S/c1-15(2)14-25-20(18-11-7-13-24(18)16-8-3-4-9-16)19(23-21(25)26)17-10-5-6-12-22-17/h5-7,10-13,15-16,19-20H,3-4,8-9,14H2,1-2H3,(H,23,26)/t19-,20-/m0/s1. The van der Waals surface area contributed by atoms with Gasteiger partial charge in [-0.3, -0.25) is 4.98 Å². The zero-order valence-electron chi connectivity index (χ0n) is 15.6. The van der Waals surface area contributed by atoms with Crippen molar-refractivity contribution in [3.05, 3.63) is 54.1 Å². The summed E-state index contributed by atoms with van der Waals surface area (Å²) in [7, 11) is 0. The summed E-state index contributed by atoms with van der Waals surface area (Å²) in [6.45, 7) is 5.46. The summed E-state index contributed by atoms with van der Waals surface area (Å²) in [5, 5.41) is 4.41. The molecule has 2 aromatic heterocycles. The molecule has 1 N–H and O–H groups in total. The quantitative estimate of drug-likeness (QED) is 0.780. The highest BCUT2D eigenvalue weighted by Gasteiger charge is 2.41. The van der Waals surface area contributed by atoms with Crippen molar-refractivity contribution in [1.29, 1.82) is 0 Å². The fourth-order valence-corrected chi connectivity index (χ4v) is 4.80. The Kier molecular flexibility index (Phi) is 4.98. The fourth-order valence-electron chi connectivity index (χ4n) is 4.49. The van der Waals surface area contributed by atoms with Crippen LogP contribution in [0.1, 0.15) is 69.0 Å². The first-order chi connectivity index (χ1) is 12.6. The van der Waals surface area contributed by atoms with E-state index in [1.165, 1.54) is 31.4 Å². The van der Waals surface area contributed by atoms with Crippen molar-refractivity contribution in [2.75, 3.05) is 6.54 Å². The highest BCUT2D eigenvalue weighted by molar-refractivity contribution is 7.80. The Labute approximate surface area is 161 Å². The normalized spacial score (nSPS) is 23.8. The van der Waals surface area contributed by atoms with Crippen LogP contribution < -0.4 is 5.32 Å². The van der Waals surface area contributed by atoms with Crippen molar-refractivity contribution < 1.29 is 0 Å². The summed E-state index contributed by atoms with van der Waals surface area (Å²) in [5.74, 6) is 0.551. The third-order valence-electron chi connectivity index (χ3n) is 5.59. The van der Waals surface area contributed by atoms with Crippen molar-refractivity contribution >= 4 is 17.3 Å². The lowest BCUT2D eigenvalue weighted by molar-refractivity contribution is 0.271. The van der Waals surface area contributed by atoms with Crippen LogP contribution in [0.4, 0.5) is 0 Å². The van der Waals surface area contributed by atoms with Gasteiger partial charge in [0.15, 0.2) is 5.11 Å². The van der Waals surface area contributed by atoms with E-state index in [1.807, 2.05) is 12.3 Å². The summed E-state index contributed by atoms with van der Waals surface area (Å²) in [4.78, 5) is 7.01. The minimum absolute atomic E-state index is 0.0949. The average molecular weight is 369 g/mol. The molecule has 4 nitrogen and oxygen atoms in total. The number of rotatable bonds is 5.